The van der Waals surface area contributed by atoms with Crippen molar-refractivity contribution in [1.82, 2.24) is 0 Å². The summed E-state index contributed by atoms with van der Waals surface area (Å²) in [7, 11) is 0. The Bertz CT molecular complexity index is 405. The van der Waals surface area contributed by atoms with Gasteiger partial charge in [-0.05, 0) is 30.4 Å². The van der Waals surface area contributed by atoms with Crippen LogP contribution >= 0.6 is 0 Å². The van der Waals surface area contributed by atoms with Gasteiger partial charge in [-0.25, -0.2) is 0 Å². The molecule has 17 heavy (non-hydrogen) atoms. The highest BCUT2D eigenvalue weighted by Gasteiger charge is 2.16. The number of aromatic hydroxyl groups is 1. The van der Waals surface area contributed by atoms with E-state index in [2.05, 4.69) is 13.8 Å². The van der Waals surface area contributed by atoms with Crippen LogP contribution in [0.1, 0.15) is 38.3 Å². The van der Waals surface area contributed by atoms with Gasteiger partial charge in [-0.1, -0.05) is 19.9 Å². The van der Waals surface area contributed by atoms with E-state index in [-0.39, 0.29) is 17.5 Å². The molecular weight excluding hydrogens is 220 g/mol. The summed E-state index contributed by atoms with van der Waals surface area (Å²) in [5.41, 5.74) is 6.36. The van der Waals surface area contributed by atoms with E-state index < -0.39 is 4.92 Å². The maximum absolute atomic E-state index is 10.7. The van der Waals surface area contributed by atoms with E-state index in [1.165, 1.54) is 12.1 Å². The van der Waals surface area contributed by atoms with Crippen molar-refractivity contribution < 1.29 is 10.0 Å². The molecule has 0 amide bonds. The zero-order chi connectivity index (χ0) is 13.0. The van der Waals surface area contributed by atoms with E-state index in [1.54, 1.807) is 6.07 Å². The second-order valence-electron chi connectivity index (χ2n) is 4.58. The molecule has 0 heterocycles. The minimum absolute atomic E-state index is 0.225. The summed E-state index contributed by atoms with van der Waals surface area (Å²) >= 11 is 0. The van der Waals surface area contributed by atoms with Crippen molar-refractivity contribution >= 4 is 5.69 Å². The van der Waals surface area contributed by atoms with Crippen LogP contribution in [0.25, 0.3) is 0 Å². The van der Waals surface area contributed by atoms with E-state index in [4.69, 9.17) is 5.73 Å². The summed E-state index contributed by atoms with van der Waals surface area (Å²) in [6.07, 6.45) is 1.75. The van der Waals surface area contributed by atoms with Crippen LogP contribution in [-0.4, -0.2) is 10.0 Å². The Kier molecular flexibility index (Phi) is 4.45. The van der Waals surface area contributed by atoms with Gasteiger partial charge in [0.15, 0.2) is 5.75 Å². The van der Waals surface area contributed by atoms with Crippen LogP contribution in [0, 0.1) is 16.0 Å². The Balaban J connectivity index is 2.84. The molecule has 5 nitrogen and oxygen atoms in total. The summed E-state index contributed by atoms with van der Waals surface area (Å²) in [4.78, 5) is 10.1. The number of phenolic OH excluding ortho intramolecular Hbond substituents is 1. The third kappa shape index (κ3) is 3.71. The van der Waals surface area contributed by atoms with Gasteiger partial charge in [0, 0.05) is 12.1 Å². The van der Waals surface area contributed by atoms with Crippen LogP contribution in [0.5, 0.6) is 5.75 Å². The van der Waals surface area contributed by atoms with E-state index in [0.717, 1.165) is 12.8 Å². The van der Waals surface area contributed by atoms with Crippen molar-refractivity contribution in [1.29, 1.82) is 0 Å². The number of nitrogens with zero attached hydrogens (tertiary/aromatic N) is 1. The Morgan fingerprint density at radius 1 is 1.41 bits per heavy atom. The molecule has 0 saturated carbocycles. The number of benzene rings is 1. The van der Waals surface area contributed by atoms with Gasteiger partial charge in [0.1, 0.15) is 0 Å². The summed E-state index contributed by atoms with van der Waals surface area (Å²) in [6.45, 7) is 4.21. The number of nitro benzene ring substituents is 1. The van der Waals surface area contributed by atoms with E-state index >= 15 is 0 Å². The van der Waals surface area contributed by atoms with Crippen molar-refractivity contribution in [2.75, 3.05) is 0 Å². The largest absolute Gasteiger partial charge is 0.502 e. The molecule has 0 aliphatic carbocycles. The van der Waals surface area contributed by atoms with Crippen LogP contribution in [0.2, 0.25) is 0 Å². The highest BCUT2D eigenvalue weighted by molar-refractivity contribution is 5.48. The number of phenols is 1. The monoisotopic (exact) mass is 238 g/mol. The molecule has 1 atom stereocenters. The third-order valence-corrected chi connectivity index (χ3v) is 2.68. The van der Waals surface area contributed by atoms with Crippen LogP contribution in [0.15, 0.2) is 18.2 Å². The second-order valence-corrected chi connectivity index (χ2v) is 4.58. The molecule has 1 aromatic rings. The molecule has 1 aromatic carbocycles. The normalized spacial score (nSPS) is 12.7. The topological polar surface area (TPSA) is 89.4 Å². The van der Waals surface area contributed by atoms with Crippen molar-refractivity contribution in [2.45, 2.75) is 32.7 Å². The van der Waals surface area contributed by atoms with Gasteiger partial charge in [0.25, 0.3) is 0 Å². The van der Waals surface area contributed by atoms with Gasteiger partial charge < -0.3 is 10.8 Å². The first-order chi connectivity index (χ1) is 7.91. The molecule has 0 radical (unpaired) electrons. The number of rotatable bonds is 5. The zero-order valence-electron chi connectivity index (χ0n) is 10.1. The first-order valence-electron chi connectivity index (χ1n) is 5.64. The molecule has 1 rings (SSSR count). The first-order valence-corrected chi connectivity index (χ1v) is 5.64. The van der Waals surface area contributed by atoms with Gasteiger partial charge in [0.05, 0.1) is 4.92 Å². The van der Waals surface area contributed by atoms with E-state index in [0.29, 0.717) is 11.5 Å². The lowest BCUT2D eigenvalue weighted by Crippen LogP contribution is -2.11. The van der Waals surface area contributed by atoms with Crippen LogP contribution in [0.4, 0.5) is 5.69 Å². The summed E-state index contributed by atoms with van der Waals surface area (Å²) < 4.78 is 0. The van der Waals surface area contributed by atoms with Crippen molar-refractivity contribution in [3.8, 4) is 5.75 Å². The Hall–Kier alpha value is -1.62. The number of hydrogen-bond acceptors (Lipinski definition) is 4. The van der Waals surface area contributed by atoms with E-state index in [1.807, 2.05) is 0 Å². The predicted molar refractivity (Wildman–Crippen MR) is 65.8 cm³/mol. The van der Waals surface area contributed by atoms with Gasteiger partial charge in [-0.15, -0.1) is 0 Å². The van der Waals surface area contributed by atoms with Crippen LogP contribution < -0.4 is 5.73 Å². The molecule has 0 aliphatic heterocycles. The third-order valence-electron chi connectivity index (χ3n) is 2.68. The highest BCUT2D eigenvalue weighted by Crippen LogP contribution is 2.29. The minimum atomic E-state index is -0.603. The van der Waals surface area contributed by atoms with Gasteiger partial charge in [-0.3, -0.25) is 10.1 Å². The molecule has 0 spiro atoms. The fourth-order valence-electron chi connectivity index (χ4n) is 1.60. The Labute approximate surface area is 100 Å². The van der Waals surface area contributed by atoms with Crippen molar-refractivity contribution in [3.05, 3.63) is 33.9 Å². The lowest BCUT2D eigenvalue weighted by molar-refractivity contribution is -0.385. The Morgan fingerprint density at radius 3 is 2.59 bits per heavy atom. The fraction of sp³-hybridized carbons (Fsp3) is 0.500. The van der Waals surface area contributed by atoms with E-state index in [9.17, 15) is 15.2 Å². The maximum Gasteiger partial charge on any atom is 0.311 e. The molecule has 0 fully saturated rings. The smallest absolute Gasteiger partial charge is 0.311 e. The molecule has 94 valence electrons. The molecule has 0 aromatic heterocycles. The molecule has 0 saturated heterocycles. The molecular formula is C12H18N2O3. The lowest BCUT2D eigenvalue weighted by Gasteiger charge is -2.13. The number of nitro groups is 1. The highest BCUT2D eigenvalue weighted by atomic mass is 16.6. The Morgan fingerprint density at radius 2 is 2.06 bits per heavy atom. The molecule has 0 bridgehead atoms. The number of nitrogens with two attached hydrogens (primary N) is 1. The van der Waals surface area contributed by atoms with Crippen molar-refractivity contribution in [3.63, 3.8) is 0 Å². The average Bonchev–Trinajstić information content (AvgIpc) is 2.26. The average molecular weight is 238 g/mol. The standard InChI is InChI=1S/C12H18N2O3/c1-8(2)3-5-10(13)9-4-6-12(15)11(7-9)14(16)17/h4,6-8,10,15H,3,5,13H2,1-2H3/t10-/m1/s1. The van der Waals surface area contributed by atoms with Gasteiger partial charge in [0.2, 0.25) is 0 Å². The first kappa shape index (κ1) is 13.4. The maximum atomic E-state index is 10.7. The SMILES string of the molecule is CC(C)CC[C@@H](N)c1ccc(O)c([N+](=O)[O-])c1. The number of hydrogen-bond donors (Lipinski definition) is 2. The summed E-state index contributed by atoms with van der Waals surface area (Å²) in [5.74, 6) is 0.225. The van der Waals surface area contributed by atoms with Crippen molar-refractivity contribution in [2.24, 2.45) is 11.7 Å². The van der Waals surface area contributed by atoms with Crippen LogP contribution in [0.3, 0.4) is 0 Å². The zero-order valence-corrected chi connectivity index (χ0v) is 10.1. The summed E-state index contributed by atoms with van der Waals surface area (Å²) in [5, 5.41) is 20.0. The fourth-order valence-corrected chi connectivity index (χ4v) is 1.60. The molecule has 0 aliphatic rings. The van der Waals surface area contributed by atoms with Gasteiger partial charge in [-0.2, -0.15) is 0 Å². The second kappa shape index (κ2) is 5.63. The van der Waals surface area contributed by atoms with Gasteiger partial charge >= 0.3 is 5.69 Å². The van der Waals surface area contributed by atoms with Crippen LogP contribution in [-0.2, 0) is 0 Å². The predicted octanol–water partition coefficient (Wildman–Crippen LogP) is 2.74. The quantitative estimate of drug-likeness (QED) is 0.609. The lowest BCUT2D eigenvalue weighted by atomic mass is 9.98. The molecule has 5 heteroatoms. The molecule has 0 unspecified atom stereocenters. The molecule has 3 N–H and O–H groups in total. The summed E-state index contributed by atoms with van der Waals surface area (Å²) in [6, 6.07) is 4.08. The minimum Gasteiger partial charge on any atom is -0.502 e.